The Morgan fingerprint density at radius 2 is 2.36 bits per heavy atom. The summed E-state index contributed by atoms with van der Waals surface area (Å²) in [5, 5.41) is 8.68. The fourth-order valence-corrected chi connectivity index (χ4v) is 0.828. The number of pyridine rings is 1. The van der Waals surface area contributed by atoms with Gasteiger partial charge in [-0.15, -0.1) is 0 Å². The van der Waals surface area contributed by atoms with Gasteiger partial charge in [-0.25, -0.2) is 9.78 Å². The molecule has 1 aromatic rings. The molecule has 5 heteroatoms. The van der Waals surface area contributed by atoms with Gasteiger partial charge in [0.1, 0.15) is 11.4 Å². The zero-order valence-corrected chi connectivity index (χ0v) is 7.02. The largest absolute Gasteiger partial charge is 0.478 e. The maximum atomic E-state index is 10.6. The molecule has 1 aromatic heterocycles. The average Bonchev–Trinajstić information content (AvgIpc) is 2.16. The van der Waals surface area contributed by atoms with Crippen molar-refractivity contribution in [2.24, 2.45) is 0 Å². The van der Waals surface area contributed by atoms with Crippen LogP contribution in [-0.2, 0) is 4.79 Å². The highest BCUT2D eigenvalue weighted by atomic mass is 16.4. The van der Waals surface area contributed by atoms with Crippen molar-refractivity contribution in [3.63, 3.8) is 0 Å². The van der Waals surface area contributed by atoms with E-state index < -0.39 is 5.97 Å². The number of hydrogen-bond acceptors (Lipinski definition) is 4. The summed E-state index contributed by atoms with van der Waals surface area (Å²) in [7, 11) is 0. The smallest absolute Gasteiger partial charge is 0.339 e. The van der Waals surface area contributed by atoms with Crippen LogP contribution in [0.4, 0.5) is 5.82 Å². The Labute approximate surface area is 79.6 Å². The first-order valence-corrected chi connectivity index (χ1v) is 3.59. The van der Waals surface area contributed by atoms with Crippen LogP contribution in [0.25, 0.3) is 0 Å². The molecular weight excluding hydrogens is 184 g/mol. The molecule has 0 aromatic carbocycles. The van der Waals surface area contributed by atoms with E-state index in [1.807, 2.05) is 0 Å². The summed E-state index contributed by atoms with van der Waals surface area (Å²) < 4.78 is 0. The predicted octanol–water partition coefficient (Wildman–Crippen LogP) is -0.0876. The van der Waals surface area contributed by atoms with Crippen LogP contribution in [0.5, 0.6) is 0 Å². The molecule has 0 saturated heterocycles. The highest BCUT2D eigenvalue weighted by Gasteiger charge is 2.08. The van der Waals surface area contributed by atoms with Crippen molar-refractivity contribution >= 4 is 18.1 Å². The van der Waals surface area contributed by atoms with Crippen molar-refractivity contribution in [1.82, 2.24) is 4.98 Å². The van der Waals surface area contributed by atoms with Gasteiger partial charge >= 0.3 is 5.97 Å². The van der Waals surface area contributed by atoms with Crippen LogP contribution < -0.4 is 5.73 Å². The third-order valence-electron chi connectivity index (χ3n) is 1.42. The van der Waals surface area contributed by atoms with Crippen LogP contribution in [0.2, 0.25) is 0 Å². The fraction of sp³-hybridized carbons (Fsp3) is 0. The zero-order chi connectivity index (χ0) is 10.6. The van der Waals surface area contributed by atoms with Gasteiger partial charge in [-0.05, 0) is 12.0 Å². The predicted molar refractivity (Wildman–Crippen MR) is 48.6 cm³/mol. The number of aldehydes is 1. The molecule has 5 nitrogen and oxygen atoms in total. The lowest BCUT2D eigenvalue weighted by atomic mass is 10.2. The van der Waals surface area contributed by atoms with Gasteiger partial charge in [-0.3, -0.25) is 4.79 Å². The van der Waals surface area contributed by atoms with Crippen LogP contribution in [-0.4, -0.2) is 22.3 Å². The van der Waals surface area contributed by atoms with Gasteiger partial charge in [0.05, 0.1) is 0 Å². The number of hydrogen-bond donors (Lipinski definition) is 2. The monoisotopic (exact) mass is 190 g/mol. The van der Waals surface area contributed by atoms with E-state index in [0.29, 0.717) is 11.8 Å². The van der Waals surface area contributed by atoms with Gasteiger partial charge < -0.3 is 10.8 Å². The Bertz CT molecular complexity index is 443. The van der Waals surface area contributed by atoms with E-state index in [0.717, 1.165) is 0 Å². The molecule has 70 valence electrons. The van der Waals surface area contributed by atoms with Crippen LogP contribution >= 0.6 is 0 Å². The zero-order valence-electron chi connectivity index (χ0n) is 7.02. The summed E-state index contributed by atoms with van der Waals surface area (Å²) in [6.07, 6.45) is 1.72. The van der Waals surface area contributed by atoms with Gasteiger partial charge in [0, 0.05) is 11.8 Å². The molecular formula is C9H6N2O3. The Morgan fingerprint density at radius 3 is 2.93 bits per heavy atom. The molecule has 0 fully saturated rings. The summed E-state index contributed by atoms with van der Waals surface area (Å²) in [6, 6.07) is 1.27. The van der Waals surface area contributed by atoms with Gasteiger partial charge in [0.25, 0.3) is 0 Å². The Kier molecular flexibility index (Phi) is 2.82. The molecule has 0 aliphatic rings. The van der Waals surface area contributed by atoms with E-state index in [1.165, 1.54) is 12.3 Å². The molecule has 0 spiro atoms. The van der Waals surface area contributed by atoms with Crippen LogP contribution in [0.3, 0.4) is 0 Å². The molecule has 0 bridgehead atoms. The summed E-state index contributed by atoms with van der Waals surface area (Å²) in [6.45, 7) is 0. The lowest BCUT2D eigenvalue weighted by Gasteiger charge is -1.98. The molecule has 0 atom stereocenters. The number of rotatable bonds is 1. The van der Waals surface area contributed by atoms with Gasteiger partial charge in [0.15, 0.2) is 6.29 Å². The Balaban J connectivity index is 3.19. The molecule has 0 aliphatic heterocycles. The minimum absolute atomic E-state index is 0.0749. The maximum absolute atomic E-state index is 10.6. The second kappa shape index (κ2) is 4.05. The quantitative estimate of drug-likeness (QED) is 0.477. The highest BCUT2D eigenvalue weighted by molar-refractivity contribution is 5.93. The number of carbonyl (C=O) groups is 2. The van der Waals surface area contributed by atoms with Crippen molar-refractivity contribution in [1.29, 1.82) is 0 Å². The fourth-order valence-electron chi connectivity index (χ4n) is 0.828. The minimum atomic E-state index is -1.18. The molecule has 0 amide bonds. The second-order valence-electron chi connectivity index (χ2n) is 2.35. The van der Waals surface area contributed by atoms with Gasteiger partial charge in [-0.1, -0.05) is 5.92 Å². The van der Waals surface area contributed by atoms with Crippen molar-refractivity contribution in [2.75, 3.05) is 5.73 Å². The van der Waals surface area contributed by atoms with E-state index in [1.54, 1.807) is 0 Å². The summed E-state index contributed by atoms with van der Waals surface area (Å²) in [5.41, 5.74) is 5.52. The molecule has 0 radical (unpaired) electrons. The molecule has 0 saturated carbocycles. The SMILES string of the molecule is Nc1ncc(C#CC=O)cc1C(=O)O. The lowest BCUT2D eigenvalue weighted by Crippen LogP contribution is -2.04. The van der Waals surface area contributed by atoms with Crippen LogP contribution in [0.15, 0.2) is 12.3 Å². The molecule has 0 unspecified atom stereocenters. The number of nitrogen functional groups attached to an aromatic ring is 1. The van der Waals surface area contributed by atoms with Crippen molar-refractivity contribution in [3.05, 3.63) is 23.4 Å². The van der Waals surface area contributed by atoms with Crippen molar-refractivity contribution in [2.45, 2.75) is 0 Å². The van der Waals surface area contributed by atoms with Gasteiger partial charge in [0.2, 0.25) is 0 Å². The topological polar surface area (TPSA) is 93.3 Å². The molecule has 1 heterocycles. The van der Waals surface area contributed by atoms with Gasteiger partial charge in [-0.2, -0.15) is 0 Å². The summed E-state index contributed by atoms with van der Waals surface area (Å²) >= 11 is 0. The van der Waals surface area contributed by atoms with Crippen molar-refractivity contribution in [3.8, 4) is 11.8 Å². The third-order valence-corrected chi connectivity index (χ3v) is 1.42. The molecule has 3 N–H and O–H groups in total. The number of nitrogens with zero attached hydrogens (tertiary/aromatic N) is 1. The number of carbonyl (C=O) groups excluding carboxylic acids is 1. The van der Waals surface area contributed by atoms with Crippen molar-refractivity contribution < 1.29 is 14.7 Å². The molecule has 0 aliphatic carbocycles. The molecule has 1 rings (SSSR count). The van der Waals surface area contributed by atoms with E-state index in [2.05, 4.69) is 16.8 Å². The normalized spacial score (nSPS) is 8.57. The number of nitrogens with two attached hydrogens (primary N) is 1. The Hall–Kier alpha value is -2.35. The average molecular weight is 190 g/mol. The summed E-state index contributed by atoms with van der Waals surface area (Å²) in [5.74, 6) is 3.31. The third kappa shape index (κ3) is 2.08. The second-order valence-corrected chi connectivity index (χ2v) is 2.35. The first-order valence-electron chi connectivity index (χ1n) is 3.59. The number of anilines is 1. The minimum Gasteiger partial charge on any atom is -0.478 e. The van der Waals surface area contributed by atoms with E-state index in [4.69, 9.17) is 10.8 Å². The first-order chi connectivity index (χ1) is 6.65. The highest BCUT2D eigenvalue weighted by Crippen LogP contribution is 2.09. The lowest BCUT2D eigenvalue weighted by molar-refractivity contribution is -0.103. The summed E-state index contributed by atoms with van der Waals surface area (Å²) in [4.78, 5) is 24.2. The first kappa shape index (κ1) is 9.74. The van der Waals surface area contributed by atoms with Crippen LogP contribution in [0, 0.1) is 11.8 Å². The van der Waals surface area contributed by atoms with Crippen LogP contribution in [0.1, 0.15) is 15.9 Å². The van der Waals surface area contributed by atoms with E-state index in [-0.39, 0.29) is 11.4 Å². The van der Waals surface area contributed by atoms with E-state index in [9.17, 15) is 9.59 Å². The van der Waals surface area contributed by atoms with E-state index >= 15 is 0 Å². The maximum Gasteiger partial charge on any atom is 0.339 e. The number of aromatic nitrogens is 1. The Morgan fingerprint density at radius 1 is 1.64 bits per heavy atom. The molecule has 14 heavy (non-hydrogen) atoms. The number of aromatic carboxylic acids is 1. The number of carboxylic acid groups (broad SMARTS) is 1. The standard InChI is InChI=1S/C9H6N2O3/c10-8-7(9(13)14)4-6(5-11-8)2-1-3-12/h3-5H,(H2,10,11)(H,13,14). The number of carboxylic acids is 1.